The van der Waals surface area contributed by atoms with Crippen molar-refractivity contribution in [3.63, 3.8) is 0 Å². The first kappa shape index (κ1) is 7.60. The molecule has 5 heteroatoms. The van der Waals surface area contributed by atoms with E-state index in [2.05, 4.69) is 9.97 Å². The Balaban J connectivity index is 3.03. The highest BCUT2D eigenvalue weighted by molar-refractivity contribution is 5.83. The Bertz CT molecular complexity index is 518. The smallest absolute Gasteiger partial charge is 0.260 e. The lowest BCUT2D eigenvalue weighted by Crippen LogP contribution is -2.10. The molecule has 0 aliphatic rings. The van der Waals surface area contributed by atoms with Crippen LogP contribution in [0.3, 0.4) is 0 Å². The number of H-pyrrole nitrogens is 1. The molecule has 0 saturated heterocycles. The highest BCUT2D eigenvalue weighted by atomic mass is 16.3. The number of aromatic hydroxyl groups is 1. The molecule has 2 rings (SSSR count). The average molecular weight is 177 g/mol. The molecule has 0 aliphatic heterocycles. The van der Waals surface area contributed by atoms with Gasteiger partial charge in [0.1, 0.15) is 11.3 Å². The second kappa shape index (κ2) is 2.48. The number of phenolic OH excluding ortho intramolecular Hbond substituents is 1. The van der Waals surface area contributed by atoms with Gasteiger partial charge in [0.2, 0.25) is 5.95 Å². The summed E-state index contributed by atoms with van der Waals surface area (Å²) in [5.74, 6) is -0.0469. The maximum absolute atomic E-state index is 11.3. The topological polar surface area (TPSA) is 92.0 Å². The van der Waals surface area contributed by atoms with Crippen molar-refractivity contribution in [2.45, 2.75) is 0 Å². The summed E-state index contributed by atoms with van der Waals surface area (Å²) in [6.07, 6.45) is 0. The van der Waals surface area contributed by atoms with Crippen molar-refractivity contribution in [1.82, 2.24) is 9.97 Å². The minimum Gasteiger partial charge on any atom is -0.506 e. The van der Waals surface area contributed by atoms with Gasteiger partial charge in [-0.2, -0.15) is 0 Å². The summed E-state index contributed by atoms with van der Waals surface area (Å²) in [5.41, 5.74) is 5.19. The number of nitrogens with one attached hydrogen (secondary N) is 1. The molecule has 13 heavy (non-hydrogen) atoms. The summed E-state index contributed by atoms with van der Waals surface area (Å²) in [7, 11) is 0. The molecule has 0 unspecified atom stereocenters. The summed E-state index contributed by atoms with van der Waals surface area (Å²) in [6, 6.07) is 4.60. The summed E-state index contributed by atoms with van der Waals surface area (Å²) in [4.78, 5) is 17.4. The van der Waals surface area contributed by atoms with Gasteiger partial charge in [-0.3, -0.25) is 9.78 Å². The molecule has 4 N–H and O–H groups in total. The Labute approximate surface area is 72.8 Å². The molecule has 0 bridgehead atoms. The fourth-order valence-electron chi connectivity index (χ4n) is 1.16. The molecule has 0 fully saturated rings. The normalized spacial score (nSPS) is 10.5. The van der Waals surface area contributed by atoms with E-state index in [1.807, 2.05) is 0 Å². The van der Waals surface area contributed by atoms with E-state index in [0.29, 0.717) is 5.39 Å². The van der Waals surface area contributed by atoms with Crippen molar-refractivity contribution in [3.05, 3.63) is 28.6 Å². The molecule has 1 heterocycles. The second-order valence-corrected chi connectivity index (χ2v) is 2.62. The van der Waals surface area contributed by atoms with Gasteiger partial charge in [-0.05, 0) is 12.1 Å². The van der Waals surface area contributed by atoms with E-state index in [4.69, 9.17) is 5.73 Å². The summed E-state index contributed by atoms with van der Waals surface area (Å²) >= 11 is 0. The number of para-hydroxylation sites is 1. The predicted molar refractivity (Wildman–Crippen MR) is 48.4 cm³/mol. The standard InChI is InChI=1S/C8H7N3O2/c9-8-10-6-4(7(13)11-8)2-1-3-5(6)12/h1-3,12H,(H3,9,10,11,13). The molecule has 0 spiro atoms. The van der Waals surface area contributed by atoms with Crippen LogP contribution >= 0.6 is 0 Å². The fraction of sp³-hybridized carbons (Fsp3) is 0. The zero-order valence-electron chi connectivity index (χ0n) is 6.61. The summed E-state index contributed by atoms with van der Waals surface area (Å²) in [6.45, 7) is 0. The van der Waals surface area contributed by atoms with E-state index in [1.165, 1.54) is 6.07 Å². The molecular formula is C8H7N3O2. The minimum absolute atomic E-state index is 0.000926. The van der Waals surface area contributed by atoms with Gasteiger partial charge in [0.25, 0.3) is 5.56 Å². The van der Waals surface area contributed by atoms with E-state index in [1.54, 1.807) is 12.1 Å². The van der Waals surface area contributed by atoms with E-state index < -0.39 is 0 Å². The van der Waals surface area contributed by atoms with Gasteiger partial charge in [0.15, 0.2) is 0 Å². The van der Waals surface area contributed by atoms with Crippen LogP contribution in [0.1, 0.15) is 0 Å². The number of rotatable bonds is 0. The van der Waals surface area contributed by atoms with Crippen molar-refractivity contribution in [3.8, 4) is 5.75 Å². The molecule has 0 saturated carbocycles. The molecule has 0 atom stereocenters. The number of benzene rings is 1. The van der Waals surface area contributed by atoms with Gasteiger partial charge >= 0.3 is 0 Å². The highest BCUT2D eigenvalue weighted by Gasteiger charge is 2.04. The molecule has 2 aromatic rings. The maximum Gasteiger partial charge on any atom is 0.260 e. The van der Waals surface area contributed by atoms with E-state index in [-0.39, 0.29) is 22.8 Å². The van der Waals surface area contributed by atoms with Crippen molar-refractivity contribution in [2.75, 3.05) is 5.73 Å². The first-order valence-corrected chi connectivity index (χ1v) is 3.66. The van der Waals surface area contributed by atoms with Gasteiger partial charge in [0, 0.05) is 0 Å². The number of nitrogens with zero attached hydrogens (tertiary/aromatic N) is 1. The third kappa shape index (κ3) is 1.10. The van der Waals surface area contributed by atoms with Crippen LogP contribution in [0.4, 0.5) is 5.95 Å². The van der Waals surface area contributed by atoms with Crippen molar-refractivity contribution >= 4 is 16.9 Å². The number of fused-ring (bicyclic) bond motifs is 1. The van der Waals surface area contributed by atoms with Gasteiger partial charge in [-0.1, -0.05) is 6.07 Å². The quantitative estimate of drug-likeness (QED) is 0.536. The number of nitrogen functional groups attached to an aromatic ring is 1. The van der Waals surface area contributed by atoms with Gasteiger partial charge in [-0.25, -0.2) is 4.98 Å². The lowest BCUT2D eigenvalue weighted by Gasteiger charge is -1.99. The number of aromatic amines is 1. The minimum atomic E-state index is -0.349. The number of anilines is 1. The second-order valence-electron chi connectivity index (χ2n) is 2.62. The number of hydrogen-bond donors (Lipinski definition) is 3. The van der Waals surface area contributed by atoms with E-state index in [9.17, 15) is 9.90 Å². The number of nitrogens with two attached hydrogens (primary N) is 1. The Morgan fingerprint density at radius 2 is 2.23 bits per heavy atom. The van der Waals surface area contributed by atoms with Gasteiger partial charge in [0.05, 0.1) is 5.39 Å². The maximum atomic E-state index is 11.3. The van der Waals surface area contributed by atoms with Crippen molar-refractivity contribution < 1.29 is 5.11 Å². The average Bonchev–Trinajstić information content (AvgIpc) is 2.07. The van der Waals surface area contributed by atoms with Crippen molar-refractivity contribution in [1.29, 1.82) is 0 Å². The Hall–Kier alpha value is -2.04. The van der Waals surface area contributed by atoms with E-state index >= 15 is 0 Å². The van der Waals surface area contributed by atoms with Crippen LogP contribution in [-0.2, 0) is 0 Å². The van der Waals surface area contributed by atoms with Crippen LogP contribution in [0.25, 0.3) is 10.9 Å². The van der Waals surface area contributed by atoms with Crippen LogP contribution in [-0.4, -0.2) is 15.1 Å². The van der Waals surface area contributed by atoms with Crippen LogP contribution in [0.15, 0.2) is 23.0 Å². The third-order valence-corrected chi connectivity index (χ3v) is 1.73. The SMILES string of the molecule is Nc1nc2c(O)cccc2c(=O)[nH]1. The van der Waals surface area contributed by atoms with Crippen LogP contribution in [0.5, 0.6) is 5.75 Å². The molecule has 66 valence electrons. The molecule has 0 aliphatic carbocycles. The first-order valence-electron chi connectivity index (χ1n) is 3.66. The molecular weight excluding hydrogens is 170 g/mol. The highest BCUT2D eigenvalue weighted by Crippen LogP contribution is 2.18. The summed E-state index contributed by atoms with van der Waals surface area (Å²) in [5, 5.41) is 9.68. The first-order chi connectivity index (χ1) is 6.18. The number of phenols is 1. The Kier molecular flexibility index (Phi) is 1.45. The molecule has 5 nitrogen and oxygen atoms in total. The van der Waals surface area contributed by atoms with Crippen molar-refractivity contribution in [2.24, 2.45) is 0 Å². The number of aromatic nitrogens is 2. The monoisotopic (exact) mass is 177 g/mol. The fourth-order valence-corrected chi connectivity index (χ4v) is 1.16. The largest absolute Gasteiger partial charge is 0.506 e. The predicted octanol–water partition coefficient (Wildman–Crippen LogP) is 0.211. The van der Waals surface area contributed by atoms with E-state index in [0.717, 1.165) is 0 Å². The zero-order valence-corrected chi connectivity index (χ0v) is 6.61. The molecule has 0 radical (unpaired) electrons. The molecule has 1 aromatic carbocycles. The van der Waals surface area contributed by atoms with Gasteiger partial charge < -0.3 is 10.8 Å². The number of hydrogen-bond acceptors (Lipinski definition) is 4. The zero-order chi connectivity index (χ0) is 9.42. The van der Waals surface area contributed by atoms with Gasteiger partial charge in [-0.15, -0.1) is 0 Å². The Morgan fingerprint density at radius 3 is 3.00 bits per heavy atom. The third-order valence-electron chi connectivity index (χ3n) is 1.73. The molecule has 0 amide bonds. The molecule has 1 aromatic heterocycles. The van der Waals surface area contributed by atoms with Crippen LogP contribution < -0.4 is 11.3 Å². The Morgan fingerprint density at radius 1 is 1.46 bits per heavy atom. The van der Waals surface area contributed by atoms with Crippen LogP contribution in [0.2, 0.25) is 0 Å². The van der Waals surface area contributed by atoms with Crippen LogP contribution in [0, 0.1) is 0 Å². The lowest BCUT2D eigenvalue weighted by atomic mass is 10.2. The lowest BCUT2D eigenvalue weighted by molar-refractivity contribution is 0.480. The summed E-state index contributed by atoms with van der Waals surface area (Å²) < 4.78 is 0.